The van der Waals surface area contributed by atoms with Gasteiger partial charge in [-0.25, -0.2) is 0 Å². The molecule has 1 N–H and O–H groups in total. The number of rotatable bonds is 4. The molecule has 0 saturated carbocycles. The Balaban J connectivity index is 2.61. The largest absolute Gasteiger partial charge is 0.307 e. The molecule has 1 aromatic heterocycles. The first-order valence-electron chi connectivity index (χ1n) is 5.30. The zero-order valence-electron chi connectivity index (χ0n) is 9.74. The molecule has 0 aromatic carbocycles. The molecule has 1 heterocycles. The van der Waals surface area contributed by atoms with E-state index in [1.807, 2.05) is 12.1 Å². The topological polar surface area (TPSA) is 35.8 Å². The van der Waals surface area contributed by atoms with Crippen LogP contribution >= 0.6 is 11.3 Å². The minimum absolute atomic E-state index is 0.328. The first-order chi connectivity index (χ1) is 7.04. The molecule has 0 aliphatic carbocycles. The van der Waals surface area contributed by atoms with E-state index in [1.54, 1.807) is 11.3 Å². The van der Waals surface area contributed by atoms with Crippen molar-refractivity contribution in [2.24, 2.45) is 5.92 Å². The predicted molar refractivity (Wildman–Crippen MR) is 64.9 cm³/mol. The van der Waals surface area contributed by atoms with E-state index < -0.39 is 0 Å². The van der Waals surface area contributed by atoms with E-state index in [4.69, 9.17) is 5.26 Å². The van der Waals surface area contributed by atoms with Crippen LogP contribution in [-0.4, -0.2) is 6.04 Å². The first kappa shape index (κ1) is 12.2. The van der Waals surface area contributed by atoms with Gasteiger partial charge >= 0.3 is 0 Å². The number of nitrogens with zero attached hydrogens (tertiary/aromatic N) is 1. The van der Waals surface area contributed by atoms with Crippen LogP contribution in [0.25, 0.3) is 0 Å². The lowest BCUT2D eigenvalue weighted by Gasteiger charge is -2.22. The van der Waals surface area contributed by atoms with Gasteiger partial charge in [0, 0.05) is 17.0 Å². The van der Waals surface area contributed by atoms with Gasteiger partial charge in [-0.3, -0.25) is 0 Å². The summed E-state index contributed by atoms with van der Waals surface area (Å²) in [5.74, 6) is 0.628. The van der Waals surface area contributed by atoms with E-state index in [2.05, 4.69) is 39.1 Å². The summed E-state index contributed by atoms with van der Waals surface area (Å²) < 4.78 is 0. The van der Waals surface area contributed by atoms with Gasteiger partial charge in [0.15, 0.2) is 0 Å². The van der Waals surface area contributed by atoms with Crippen LogP contribution in [0.3, 0.4) is 0 Å². The molecule has 0 spiro atoms. The van der Waals surface area contributed by atoms with Gasteiger partial charge in [-0.2, -0.15) is 5.26 Å². The average Bonchev–Trinajstić information content (AvgIpc) is 2.65. The second-order valence-electron chi connectivity index (χ2n) is 4.23. The highest BCUT2D eigenvalue weighted by molar-refractivity contribution is 7.12. The van der Waals surface area contributed by atoms with Crippen molar-refractivity contribution in [2.45, 2.75) is 39.8 Å². The molecule has 0 bridgehead atoms. The van der Waals surface area contributed by atoms with Gasteiger partial charge in [-0.1, -0.05) is 13.8 Å². The van der Waals surface area contributed by atoms with Crippen LogP contribution in [0.1, 0.15) is 43.5 Å². The molecule has 0 amide bonds. The monoisotopic (exact) mass is 222 g/mol. The minimum Gasteiger partial charge on any atom is -0.307 e. The molecule has 0 aliphatic rings. The summed E-state index contributed by atoms with van der Waals surface area (Å²) in [7, 11) is 0. The van der Waals surface area contributed by atoms with E-state index in [9.17, 15) is 0 Å². The second-order valence-corrected chi connectivity index (χ2v) is 5.35. The van der Waals surface area contributed by atoms with Crippen LogP contribution in [-0.2, 0) is 0 Å². The zero-order valence-corrected chi connectivity index (χ0v) is 10.6. The third-order valence-corrected chi connectivity index (χ3v) is 3.85. The van der Waals surface area contributed by atoms with Crippen LogP contribution in [0.4, 0.5) is 0 Å². The normalized spacial score (nSPS) is 14.9. The first-order valence-corrected chi connectivity index (χ1v) is 6.12. The van der Waals surface area contributed by atoms with Gasteiger partial charge in [0.25, 0.3) is 0 Å². The van der Waals surface area contributed by atoms with Crippen LogP contribution in [0.15, 0.2) is 12.1 Å². The summed E-state index contributed by atoms with van der Waals surface area (Å²) in [6.07, 6.45) is 0. The van der Waals surface area contributed by atoms with Crippen molar-refractivity contribution in [3.63, 3.8) is 0 Å². The lowest BCUT2D eigenvalue weighted by atomic mass is 10.1. The number of hydrogen-bond donors (Lipinski definition) is 1. The Labute approximate surface area is 95.9 Å². The van der Waals surface area contributed by atoms with Gasteiger partial charge in [0.2, 0.25) is 0 Å². The van der Waals surface area contributed by atoms with E-state index in [1.165, 1.54) is 4.88 Å². The van der Waals surface area contributed by atoms with Crippen molar-refractivity contribution in [1.82, 2.24) is 5.32 Å². The summed E-state index contributed by atoms with van der Waals surface area (Å²) >= 11 is 1.57. The minimum atomic E-state index is 0.328. The summed E-state index contributed by atoms with van der Waals surface area (Å²) in [5.41, 5.74) is 0. The van der Waals surface area contributed by atoms with Gasteiger partial charge in [0.05, 0.1) is 0 Å². The fourth-order valence-electron chi connectivity index (χ4n) is 1.31. The van der Waals surface area contributed by atoms with E-state index in [0.717, 1.165) is 4.88 Å². The van der Waals surface area contributed by atoms with Gasteiger partial charge in [0.1, 0.15) is 10.9 Å². The maximum absolute atomic E-state index is 8.74. The molecule has 0 aliphatic heterocycles. The van der Waals surface area contributed by atoms with Crippen molar-refractivity contribution >= 4 is 11.3 Å². The van der Waals surface area contributed by atoms with Gasteiger partial charge < -0.3 is 5.32 Å². The van der Waals surface area contributed by atoms with Crippen LogP contribution in [0.5, 0.6) is 0 Å². The fraction of sp³-hybridized carbons (Fsp3) is 0.583. The van der Waals surface area contributed by atoms with Crippen molar-refractivity contribution in [1.29, 1.82) is 5.26 Å². The van der Waals surface area contributed by atoms with Crippen LogP contribution < -0.4 is 5.32 Å². The molecule has 2 atom stereocenters. The third kappa shape index (κ3) is 3.33. The summed E-state index contributed by atoms with van der Waals surface area (Å²) in [5, 5.41) is 12.3. The molecule has 0 radical (unpaired) electrons. The molecular formula is C12H18N2S. The van der Waals surface area contributed by atoms with Crippen molar-refractivity contribution in [3.8, 4) is 6.07 Å². The molecule has 1 aromatic rings. The molecule has 1 rings (SSSR count). The molecule has 2 nitrogen and oxygen atoms in total. The lowest BCUT2D eigenvalue weighted by molar-refractivity contribution is 0.391. The highest BCUT2D eigenvalue weighted by atomic mass is 32.1. The number of hydrogen-bond acceptors (Lipinski definition) is 3. The Morgan fingerprint density at radius 2 is 1.93 bits per heavy atom. The molecule has 0 fully saturated rings. The fourth-order valence-corrected chi connectivity index (χ4v) is 2.13. The average molecular weight is 222 g/mol. The van der Waals surface area contributed by atoms with Crippen molar-refractivity contribution in [3.05, 3.63) is 21.9 Å². The van der Waals surface area contributed by atoms with Gasteiger partial charge in [-0.05, 0) is 31.9 Å². The Morgan fingerprint density at radius 3 is 2.40 bits per heavy atom. The molecule has 15 heavy (non-hydrogen) atoms. The Morgan fingerprint density at radius 1 is 1.27 bits per heavy atom. The molecular weight excluding hydrogens is 204 g/mol. The smallest absolute Gasteiger partial charge is 0.110 e. The summed E-state index contributed by atoms with van der Waals surface area (Å²) in [4.78, 5) is 2.02. The Bertz CT molecular complexity index is 349. The lowest BCUT2D eigenvalue weighted by Crippen LogP contribution is -2.32. The molecule has 2 unspecified atom stereocenters. The van der Waals surface area contributed by atoms with E-state index >= 15 is 0 Å². The van der Waals surface area contributed by atoms with Crippen LogP contribution in [0.2, 0.25) is 0 Å². The number of thiophene rings is 1. The van der Waals surface area contributed by atoms with Crippen LogP contribution in [0, 0.1) is 17.2 Å². The summed E-state index contributed by atoms with van der Waals surface area (Å²) in [6.45, 7) is 8.75. The Kier molecular flexibility index (Phi) is 4.31. The number of nitriles is 1. The van der Waals surface area contributed by atoms with Crippen molar-refractivity contribution in [2.75, 3.05) is 0 Å². The molecule has 3 heteroatoms. The maximum atomic E-state index is 8.74. The third-order valence-electron chi connectivity index (χ3n) is 2.68. The highest BCUT2D eigenvalue weighted by Crippen LogP contribution is 2.23. The van der Waals surface area contributed by atoms with E-state index in [0.29, 0.717) is 18.0 Å². The van der Waals surface area contributed by atoms with E-state index in [-0.39, 0.29) is 0 Å². The predicted octanol–water partition coefficient (Wildman–Crippen LogP) is 3.31. The SMILES string of the molecule is CC(NC(C)C(C)C)c1ccc(C#N)s1. The zero-order chi connectivity index (χ0) is 11.4. The second kappa shape index (κ2) is 5.29. The quantitative estimate of drug-likeness (QED) is 0.848. The maximum Gasteiger partial charge on any atom is 0.110 e. The summed E-state index contributed by atoms with van der Waals surface area (Å²) in [6, 6.07) is 6.91. The standard InChI is InChI=1S/C12H18N2S/c1-8(2)9(3)14-10(4)12-6-5-11(7-13)15-12/h5-6,8-10,14H,1-4H3. The number of nitrogens with one attached hydrogen (secondary N) is 1. The Hall–Kier alpha value is -0.850. The molecule has 82 valence electrons. The van der Waals surface area contributed by atoms with Gasteiger partial charge in [-0.15, -0.1) is 11.3 Å². The molecule has 0 saturated heterocycles. The highest BCUT2D eigenvalue weighted by Gasteiger charge is 2.13. The van der Waals surface area contributed by atoms with Crippen molar-refractivity contribution < 1.29 is 0 Å².